The van der Waals surface area contributed by atoms with Crippen molar-refractivity contribution < 1.29 is 32.8 Å². The van der Waals surface area contributed by atoms with Gasteiger partial charge in [0.25, 0.3) is 8.53 Å². The van der Waals surface area contributed by atoms with Crippen molar-refractivity contribution in [2.75, 3.05) is 45.4 Å². The molecule has 0 radical (unpaired) electrons. The van der Waals surface area contributed by atoms with E-state index in [1.54, 1.807) is 78.4 Å². The average Bonchev–Trinajstić information content (AvgIpc) is 3.67. The molecule has 0 aliphatic rings. The van der Waals surface area contributed by atoms with Gasteiger partial charge in [-0.05, 0) is 70.5 Å². The van der Waals surface area contributed by atoms with Gasteiger partial charge in [0.05, 0.1) is 42.3 Å². The SMILES string of the molecule is [C-]#[N+]CCOP(OC[C@@H](CC)O[C@H](COC(=O)c1ccccc1)n1cnc2c(N=CN(C)C)nc(OC(=O)N(c3ccccc3)c3ccccc3)nc21)N(C(C)C)C(C)C. The quantitative estimate of drug-likeness (QED) is 0.0174. The Hall–Kier alpha value is -5.82. The number of hydrogen-bond donors (Lipinski definition) is 0. The zero-order valence-corrected chi connectivity index (χ0v) is 35.9. The summed E-state index contributed by atoms with van der Waals surface area (Å²) in [5.41, 5.74) is 1.99. The molecule has 17 heteroatoms. The highest BCUT2D eigenvalue weighted by Gasteiger charge is 2.31. The van der Waals surface area contributed by atoms with Gasteiger partial charge < -0.3 is 33.0 Å². The Morgan fingerprint density at radius 1 is 0.883 bits per heavy atom. The topological polar surface area (TPSA) is 150 Å². The summed E-state index contributed by atoms with van der Waals surface area (Å²) >= 11 is 0. The third-order valence-electron chi connectivity index (χ3n) is 8.69. The predicted molar refractivity (Wildman–Crippen MR) is 232 cm³/mol. The molecule has 5 aromatic rings. The number of aliphatic imine (C=N–C) groups is 1. The minimum Gasteiger partial charge on any atom is -0.457 e. The van der Waals surface area contributed by atoms with Crippen LogP contribution in [0.15, 0.2) is 102 Å². The maximum atomic E-state index is 14.1. The Bertz CT molecular complexity index is 2140. The molecule has 0 fully saturated rings. The molecule has 0 saturated heterocycles. The maximum absolute atomic E-state index is 14.1. The van der Waals surface area contributed by atoms with Crippen molar-refractivity contribution >= 4 is 55.3 Å². The Labute approximate surface area is 352 Å². The number of benzene rings is 3. The van der Waals surface area contributed by atoms with E-state index in [0.717, 1.165) is 0 Å². The molecule has 60 heavy (non-hydrogen) atoms. The lowest BCUT2D eigenvalue weighted by Crippen LogP contribution is -2.35. The summed E-state index contributed by atoms with van der Waals surface area (Å²) in [5, 5.41) is 0. The van der Waals surface area contributed by atoms with E-state index in [4.69, 9.17) is 29.8 Å². The summed E-state index contributed by atoms with van der Waals surface area (Å²) in [6, 6.07) is 26.7. The van der Waals surface area contributed by atoms with Crippen LogP contribution in [0.1, 0.15) is 57.6 Å². The first kappa shape index (κ1) is 45.3. The number of para-hydroxylation sites is 2. The number of ether oxygens (including phenoxy) is 3. The molecule has 2 heterocycles. The highest BCUT2D eigenvalue weighted by Crippen LogP contribution is 2.46. The molecule has 0 aliphatic carbocycles. The molecule has 0 saturated carbocycles. The van der Waals surface area contributed by atoms with Crippen molar-refractivity contribution in [1.82, 2.24) is 29.1 Å². The average molecular weight is 838 g/mol. The van der Waals surface area contributed by atoms with Crippen molar-refractivity contribution in [3.63, 3.8) is 0 Å². The molecule has 1 amide bonds. The molecule has 0 aliphatic heterocycles. The van der Waals surface area contributed by atoms with Crippen LogP contribution in [-0.2, 0) is 18.5 Å². The van der Waals surface area contributed by atoms with Crippen LogP contribution in [0.3, 0.4) is 0 Å². The van der Waals surface area contributed by atoms with E-state index in [2.05, 4.69) is 57.2 Å². The lowest BCUT2D eigenvalue weighted by Gasteiger charge is -2.36. The summed E-state index contributed by atoms with van der Waals surface area (Å²) < 4.78 is 34.8. The van der Waals surface area contributed by atoms with Crippen LogP contribution in [-0.4, -0.2) is 106 Å². The van der Waals surface area contributed by atoms with Gasteiger partial charge in [0.2, 0.25) is 6.54 Å². The number of fused-ring (bicyclic) bond motifs is 1. The first-order valence-corrected chi connectivity index (χ1v) is 20.8. The van der Waals surface area contributed by atoms with Crippen LogP contribution in [0.4, 0.5) is 22.0 Å². The fourth-order valence-electron chi connectivity index (χ4n) is 5.96. The minimum absolute atomic E-state index is 0.104. The number of anilines is 2. The molecule has 16 nitrogen and oxygen atoms in total. The smallest absolute Gasteiger partial charge is 0.426 e. The number of rotatable bonds is 21. The zero-order chi connectivity index (χ0) is 43.0. The van der Waals surface area contributed by atoms with Crippen LogP contribution in [0, 0.1) is 6.57 Å². The standard InChI is InChI=1S/C43H52N9O7P/c1-9-36(27-57-60(56-26-25-44-6)52(31(2)3)32(4)5)58-37(28-55-41(53)33-19-13-10-14-20-33)50-30-45-38-39(46-29-49(7)8)47-42(48-40(38)50)59-43(54)51(34-21-15-11-16-22-34)35-23-17-12-18-24-35/h10-24,29-32,36-37H,9,25-28H2,1-5,7-8H3/t36-,37-,60?/m1/s1. The maximum Gasteiger partial charge on any atom is 0.426 e. The Kier molecular flexibility index (Phi) is 17.0. The number of aromatic nitrogens is 4. The molecule has 0 N–H and O–H groups in total. The van der Waals surface area contributed by atoms with Gasteiger partial charge in [-0.1, -0.05) is 61.5 Å². The van der Waals surface area contributed by atoms with Crippen molar-refractivity contribution in [3.05, 3.63) is 114 Å². The number of amides is 1. The Morgan fingerprint density at radius 2 is 1.50 bits per heavy atom. The fraction of sp³-hybridized carbons (Fsp3) is 0.372. The lowest BCUT2D eigenvalue weighted by molar-refractivity contribution is -0.0968. The van der Waals surface area contributed by atoms with Crippen molar-refractivity contribution in [2.24, 2.45) is 4.99 Å². The van der Waals surface area contributed by atoms with Crippen LogP contribution >= 0.6 is 8.53 Å². The fourth-order valence-corrected chi connectivity index (χ4v) is 7.58. The molecule has 3 atom stereocenters. The van der Waals surface area contributed by atoms with Gasteiger partial charge in [-0.2, -0.15) is 9.97 Å². The molecule has 316 valence electrons. The summed E-state index contributed by atoms with van der Waals surface area (Å²) in [6.45, 7) is 17.8. The molecule has 3 aromatic carbocycles. The Balaban J connectivity index is 1.53. The molecular formula is C43H52N9O7P. The van der Waals surface area contributed by atoms with Crippen LogP contribution < -0.4 is 9.64 Å². The molecule has 1 unspecified atom stereocenters. The minimum atomic E-state index is -1.55. The largest absolute Gasteiger partial charge is 0.457 e. The first-order valence-electron chi connectivity index (χ1n) is 19.6. The monoisotopic (exact) mass is 837 g/mol. The van der Waals surface area contributed by atoms with Crippen LogP contribution in [0.2, 0.25) is 0 Å². The van der Waals surface area contributed by atoms with Gasteiger partial charge in [0.15, 0.2) is 23.2 Å². The summed E-state index contributed by atoms with van der Waals surface area (Å²) in [6.07, 6.45) is 1.26. The summed E-state index contributed by atoms with van der Waals surface area (Å²) in [4.78, 5) is 52.3. The van der Waals surface area contributed by atoms with Crippen LogP contribution in [0.25, 0.3) is 16.0 Å². The van der Waals surface area contributed by atoms with Gasteiger partial charge in [0, 0.05) is 26.2 Å². The van der Waals surface area contributed by atoms with Crippen molar-refractivity contribution in [3.8, 4) is 6.01 Å². The molecule has 0 spiro atoms. The summed E-state index contributed by atoms with van der Waals surface area (Å²) in [7, 11) is 2.06. The second kappa shape index (κ2) is 22.5. The predicted octanol–water partition coefficient (Wildman–Crippen LogP) is 8.83. The number of esters is 1. The number of carbonyl (C=O) groups excluding carboxylic acids is 2. The van der Waals surface area contributed by atoms with E-state index in [0.29, 0.717) is 23.4 Å². The van der Waals surface area contributed by atoms with Crippen molar-refractivity contribution in [1.29, 1.82) is 0 Å². The number of imidazole rings is 1. The summed E-state index contributed by atoms with van der Waals surface area (Å²) in [5.74, 6) is -0.428. The van der Waals surface area contributed by atoms with Crippen molar-refractivity contribution in [2.45, 2.75) is 65.5 Å². The van der Waals surface area contributed by atoms with E-state index in [1.165, 1.54) is 11.2 Å². The van der Waals surface area contributed by atoms with Gasteiger partial charge in [-0.15, -0.1) is 0 Å². The molecule has 2 aromatic heterocycles. The van der Waals surface area contributed by atoms with Gasteiger partial charge in [-0.3, -0.25) is 4.57 Å². The lowest BCUT2D eigenvalue weighted by atomic mass is 10.2. The first-order chi connectivity index (χ1) is 29.0. The van der Waals surface area contributed by atoms with E-state index >= 15 is 0 Å². The number of hydrogen-bond acceptors (Lipinski definition) is 12. The van der Waals surface area contributed by atoms with E-state index in [-0.39, 0.29) is 61.4 Å². The second-order valence-corrected chi connectivity index (χ2v) is 15.6. The van der Waals surface area contributed by atoms with E-state index < -0.39 is 32.9 Å². The third-order valence-corrected chi connectivity index (χ3v) is 10.8. The zero-order valence-electron chi connectivity index (χ0n) is 35.0. The number of carbonyl (C=O) groups is 2. The van der Waals surface area contributed by atoms with E-state index in [9.17, 15) is 9.59 Å². The second-order valence-electron chi connectivity index (χ2n) is 14.1. The Morgan fingerprint density at radius 3 is 2.07 bits per heavy atom. The van der Waals surface area contributed by atoms with Gasteiger partial charge >= 0.3 is 18.1 Å². The highest BCUT2D eigenvalue weighted by atomic mass is 31.2. The molecular weight excluding hydrogens is 786 g/mol. The van der Waals surface area contributed by atoms with Crippen LogP contribution in [0.5, 0.6) is 6.01 Å². The normalized spacial score (nSPS) is 13.1. The third kappa shape index (κ3) is 12.4. The molecule has 5 rings (SSSR count). The van der Waals surface area contributed by atoms with Gasteiger partial charge in [0.1, 0.15) is 13.2 Å². The molecule has 0 bridgehead atoms. The number of nitrogens with zero attached hydrogens (tertiary/aromatic N) is 9. The van der Waals surface area contributed by atoms with Gasteiger partial charge in [-0.25, -0.2) is 35.7 Å². The van der Waals surface area contributed by atoms with E-state index in [1.807, 2.05) is 49.4 Å². The highest BCUT2D eigenvalue weighted by molar-refractivity contribution is 7.44.